The van der Waals surface area contributed by atoms with Crippen molar-refractivity contribution < 1.29 is 23.1 Å². The van der Waals surface area contributed by atoms with Crippen molar-refractivity contribution >= 4 is 22.0 Å². The predicted octanol–water partition coefficient (Wildman–Crippen LogP) is -0.133. The molecule has 2 amide bonds. The Labute approximate surface area is 119 Å². The number of carboxylic acid groups (broad SMARTS) is 1. The number of sulfonamides is 1. The number of aliphatic carboxylic acids is 1. The van der Waals surface area contributed by atoms with Gasteiger partial charge in [-0.05, 0) is 20.3 Å². The van der Waals surface area contributed by atoms with Crippen LogP contribution in [0.25, 0.3) is 0 Å². The van der Waals surface area contributed by atoms with Crippen LogP contribution < -0.4 is 15.4 Å². The molecule has 0 rings (SSSR count). The van der Waals surface area contributed by atoms with Gasteiger partial charge in [-0.3, -0.25) is 0 Å². The third kappa shape index (κ3) is 8.70. The lowest BCUT2D eigenvalue weighted by atomic mass is 10.1. The molecule has 0 spiro atoms. The van der Waals surface area contributed by atoms with E-state index in [9.17, 15) is 18.0 Å². The summed E-state index contributed by atoms with van der Waals surface area (Å²) in [4.78, 5) is 22.5. The first-order valence-corrected chi connectivity index (χ1v) is 8.12. The van der Waals surface area contributed by atoms with Crippen molar-refractivity contribution in [2.75, 3.05) is 12.8 Å². The molecule has 0 aromatic carbocycles. The van der Waals surface area contributed by atoms with E-state index in [1.54, 1.807) is 13.8 Å². The molecule has 0 unspecified atom stereocenters. The molecular weight excluding hydrogens is 286 g/mol. The number of urea groups is 1. The summed E-state index contributed by atoms with van der Waals surface area (Å²) in [5.41, 5.74) is -0.867. The lowest BCUT2D eigenvalue weighted by molar-refractivity contribution is -0.139. The van der Waals surface area contributed by atoms with Crippen molar-refractivity contribution in [1.29, 1.82) is 0 Å². The summed E-state index contributed by atoms with van der Waals surface area (Å²) in [5.74, 6) is -1.10. The van der Waals surface area contributed by atoms with Crippen LogP contribution >= 0.6 is 0 Å². The van der Waals surface area contributed by atoms with Crippen LogP contribution in [-0.4, -0.2) is 49.9 Å². The summed E-state index contributed by atoms with van der Waals surface area (Å²) in [6.45, 7) is 5.06. The van der Waals surface area contributed by atoms with Crippen molar-refractivity contribution in [3.63, 3.8) is 0 Å². The molecule has 0 aliphatic rings. The van der Waals surface area contributed by atoms with Gasteiger partial charge in [-0.1, -0.05) is 13.3 Å². The molecule has 0 saturated heterocycles. The van der Waals surface area contributed by atoms with Crippen molar-refractivity contribution in [3.8, 4) is 0 Å². The maximum absolute atomic E-state index is 11.6. The Kier molecular flexibility index (Phi) is 6.94. The average molecular weight is 309 g/mol. The highest BCUT2D eigenvalue weighted by molar-refractivity contribution is 7.88. The first-order valence-electron chi connectivity index (χ1n) is 6.23. The Balaban J connectivity index is 4.37. The number of hydrogen-bond donors (Lipinski definition) is 4. The highest BCUT2D eigenvalue weighted by Gasteiger charge is 2.24. The van der Waals surface area contributed by atoms with Gasteiger partial charge in [-0.25, -0.2) is 22.7 Å². The second kappa shape index (κ2) is 7.44. The van der Waals surface area contributed by atoms with Gasteiger partial charge in [-0.2, -0.15) is 0 Å². The summed E-state index contributed by atoms with van der Waals surface area (Å²) in [6.07, 6.45) is 1.97. The van der Waals surface area contributed by atoms with Crippen molar-refractivity contribution in [2.24, 2.45) is 0 Å². The first-order chi connectivity index (χ1) is 8.97. The van der Waals surface area contributed by atoms with E-state index in [2.05, 4.69) is 15.4 Å². The van der Waals surface area contributed by atoms with E-state index in [1.807, 2.05) is 6.92 Å². The van der Waals surface area contributed by atoms with Crippen LogP contribution in [0.2, 0.25) is 0 Å². The molecule has 20 heavy (non-hydrogen) atoms. The van der Waals surface area contributed by atoms with Crippen LogP contribution in [0.3, 0.4) is 0 Å². The quantitative estimate of drug-likeness (QED) is 0.497. The molecule has 0 saturated carbocycles. The smallest absolute Gasteiger partial charge is 0.326 e. The van der Waals surface area contributed by atoms with Gasteiger partial charge < -0.3 is 15.7 Å². The number of carbonyl (C=O) groups excluding carboxylic acids is 1. The van der Waals surface area contributed by atoms with Crippen LogP contribution in [0.5, 0.6) is 0 Å². The number of nitrogens with one attached hydrogen (secondary N) is 3. The van der Waals surface area contributed by atoms with E-state index in [1.165, 1.54) is 0 Å². The number of rotatable bonds is 8. The zero-order valence-corrected chi connectivity index (χ0v) is 13.0. The normalized spacial score (nSPS) is 13.6. The van der Waals surface area contributed by atoms with Crippen LogP contribution in [0.4, 0.5) is 4.79 Å². The standard InChI is InChI=1S/C11H23N3O5S/c1-5-6-8(9(15)16)13-10(17)12-7-11(2,3)14-20(4,18)19/h8,14H,5-7H2,1-4H3,(H,15,16)(H2,12,13,17)/t8-/m0/s1. The summed E-state index contributed by atoms with van der Waals surface area (Å²) < 4.78 is 24.6. The summed E-state index contributed by atoms with van der Waals surface area (Å²) in [7, 11) is -3.39. The Morgan fingerprint density at radius 1 is 1.30 bits per heavy atom. The minimum absolute atomic E-state index is 0.0321. The minimum Gasteiger partial charge on any atom is -0.480 e. The predicted molar refractivity (Wildman–Crippen MR) is 74.9 cm³/mol. The van der Waals surface area contributed by atoms with Gasteiger partial charge in [0.15, 0.2) is 0 Å². The maximum Gasteiger partial charge on any atom is 0.326 e. The number of amides is 2. The molecule has 0 aliphatic carbocycles. The fourth-order valence-corrected chi connectivity index (χ4v) is 2.67. The van der Waals surface area contributed by atoms with Gasteiger partial charge in [0, 0.05) is 12.1 Å². The van der Waals surface area contributed by atoms with Crippen LogP contribution in [0, 0.1) is 0 Å². The van der Waals surface area contributed by atoms with Crippen LogP contribution in [0.15, 0.2) is 0 Å². The maximum atomic E-state index is 11.6. The molecule has 8 nitrogen and oxygen atoms in total. The number of carboxylic acids is 1. The second-order valence-corrected chi connectivity index (χ2v) is 7.01. The Morgan fingerprint density at radius 3 is 2.25 bits per heavy atom. The van der Waals surface area contributed by atoms with Gasteiger partial charge in [0.1, 0.15) is 6.04 Å². The Morgan fingerprint density at radius 2 is 1.85 bits per heavy atom. The molecule has 0 aromatic heterocycles. The monoisotopic (exact) mass is 309 g/mol. The summed E-state index contributed by atoms with van der Waals surface area (Å²) in [5, 5.41) is 13.7. The molecule has 0 radical (unpaired) electrons. The zero-order chi connectivity index (χ0) is 16.0. The number of carbonyl (C=O) groups is 2. The van der Waals surface area contributed by atoms with Crippen LogP contribution in [-0.2, 0) is 14.8 Å². The van der Waals surface area contributed by atoms with E-state index < -0.39 is 33.6 Å². The molecule has 1 atom stereocenters. The third-order valence-corrected chi connectivity index (χ3v) is 3.26. The topological polar surface area (TPSA) is 125 Å². The van der Waals surface area contributed by atoms with Crippen molar-refractivity contribution in [2.45, 2.75) is 45.2 Å². The fourth-order valence-electron chi connectivity index (χ4n) is 1.59. The lowest BCUT2D eigenvalue weighted by Crippen LogP contribution is -2.54. The lowest BCUT2D eigenvalue weighted by Gasteiger charge is -2.25. The van der Waals surface area contributed by atoms with E-state index in [0.29, 0.717) is 12.8 Å². The first kappa shape index (κ1) is 18.7. The molecule has 118 valence electrons. The van der Waals surface area contributed by atoms with Gasteiger partial charge in [-0.15, -0.1) is 0 Å². The van der Waals surface area contributed by atoms with Gasteiger partial charge >= 0.3 is 12.0 Å². The van der Waals surface area contributed by atoms with Crippen molar-refractivity contribution in [3.05, 3.63) is 0 Å². The summed E-state index contributed by atoms with van der Waals surface area (Å²) in [6, 6.07) is -1.60. The second-order valence-electron chi connectivity index (χ2n) is 5.26. The van der Waals surface area contributed by atoms with Gasteiger partial charge in [0.2, 0.25) is 10.0 Å². The Hall–Kier alpha value is -1.35. The zero-order valence-electron chi connectivity index (χ0n) is 12.2. The molecule has 0 aromatic rings. The van der Waals surface area contributed by atoms with E-state index in [-0.39, 0.29) is 6.54 Å². The molecular formula is C11H23N3O5S. The highest BCUT2D eigenvalue weighted by Crippen LogP contribution is 2.02. The largest absolute Gasteiger partial charge is 0.480 e. The SMILES string of the molecule is CCC[C@H](NC(=O)NCC(C)(C)NS(C)(=O)=O)C(=O)O. The summed E-state index contributed by atoms with van der Waals surface area (Å²) >= 11 is 0. The van der Waals surface area contributed by atoms with E-state index in [4.69, 9.17) is 5.11 Å². The van der Waals surface area contributed by atoms with E-state index >= 15 is 0 Å². The Bertz CT molecular complexity index is 447. The molecule has 0 heterocycles. The highest BCUT2D eigenvalue weighted by atomic mass is 32.2. The average Bonchev–Trinajstić information content (AvgIpc) is 2.22. The van der Waals surface area contributed by atoms with Gasteiger partial charge in [0.05, 0.1) is 6.26 Å². The van der Waals surface area contributed by atoms with E-state index in [0.717, 1.165) is 6.26 Å². The molecule has 4 N–H and O–H groups in total. The van der Waals surface area contributed by atoms with Crippen LogP contribution in [0.1, 0.15) is 33.6 Å². The molecule has 0 fully saturated rings. The van der Waals surface area contributed by atoms with Gasteiger partial charge in [0.25, 0.3) is 0 Å². The molecule has 0 bridgehead atoms. The molecule has 0 aliphatic heterocycles. The van der Waals surface area contributed by atoms with Crippen molar-refractivity contribution in [1.82, 2.24) is 15.4 Å². The third-order valence-electron chi connectivity index (χ3n) is 2.33. The number of hydrogen-bond acceptors (Lipinski definition) is 4. The fraction of sp³-hybridized carbons (Fsp3) is 0.818. The minimum atomic E-state index is -3.39. The molecule has 9 heteroatoms.